The summed E-state index contributed by atoms with van der Waals surface area (Å²) in [7, 11) is 1.56. The highest BCUT2D eigenvalue weighted by atomic mass is 79.9. The third-order valence-electron chi connectivity index (χ3n) is 3.45. The lowest BCUT2D eigenvalue weighted by atomic mass is 9.94. The summed E-state index contributed by atoms with van der Waals surface area (Å²) in [4.78, 5) is 0. The fourth-order valence-corrected chi connectivity index (χ4v) is 3.13. The Kier molecular flexibility index (Phi) is 5.07. The zero-order chi connectivity index (χ0) is 15.7. The van der Waals surface area contributed by atoms with Gasteiger partial charge >= 0.3 is 0 Å². The molecule has 1 atom stereocenters. The monoisotopic (exact) mass is 416 g/mol. The molecule has 21 heavy (non-hydrogen) atoms. The van der Waals surface area contributed by atoms with Crippen molar-refractivity contribution >= 4 is 31.9 Å². The van der Waals surface area contributed by atoms with E-state index in [0.717, 1.165) is 15.6 Å². The van der Waals surface area contributed by atoms with Crippen molar-refractivity contribution in [2.24, 2.45) is 0 Å². The topological polar surface area (TPSA) is 29.5 Å². The van der Waals surface area contributed by atoms with Gasteiger partial charge in [-0.2, -0.15) is 0 Å². The smallest absolute Gasteiger partial charge is 0.137 e. The lowest BCUT2D eigenvalue weighted by molar-refractivity contribution is 0.213. The van der Waals surface area contributed by atoms with Crippen LogP contribution in [0.25, 0.3) is 0 Å². The van der Waals surface area contributed by atoms with Crippen molar-refractivity contribution < 1.29 is 14.2 Å². The predicted octanol–water partition coefficient (Wildman–Crippen LogP) is 5.06. The van der Waals surface area contributed by atoms with Gasteiger partial charge in [-0.15, -0.1) is 0 Å². The molecule has 0 radical (unpaired) electrons. The molecule has 0 saturated heterocycles. The summed E-state index contributed by atoms with van der Waals surface area (Å²) in [6.45, 7) is 3.79. The molecule has 0 aliphatic carbocycles. The van der Waals surface area contributed by atoms with Crippen LogP contribution >= 0.6 is 31.9 Å². The minimum absolute atomic E-state index is 0.368. The van der Waals surface area contributed by atoms with Crippen molar-refractivity contribution in [3.8, 4) is 5.75 Å². The Labute approximate surface area is 140 Å². The van der Waals surface area contributed by atoms with Crippen LogP contribution in [0.5, 0.6) is 5.75 Å². The molecule has 2 aromatic rings. The number of halogens is 3. The molecule has 0 heterocycles. The number of hydrogen-bond acceptors (Lipinski definition) is 2. The quantitative estimate of drug-likeness (QED) is 0.756. The largest absolute Gasteiger partial charge is 0.496 e. The molecule has 0 amide bonds. The molecule has 0 fully saturated rings. The Morgan fingerprint density at radius 1 is 1.14 bits per heavy atom. The van der Waals surface area contributed by atoms with Crippen LogP contribution in [0.4, 0.5) is 4.39 Å². The highest BCUT2D eigenvalue weighted by Crippen LogP contribution is 2.39. The molecule has 2 aromatic carbocycles. The van der Waals surface area contributed by atoms with Crippen LogP contribution in [0.15, 0.2) is 33.2 Å². The first-order valence-electron chi connectivity index (χ1n) is 6.33. The molecule has 5 heteroatoms. The molecule has 0 spiro atoms. The minimum atomic E-state index is -0.959. The Morgan fingerprint density at radius 2 is 1.81 bits per heavy atom. The number of aliphatic hydroxyl groups is 1. The predicted molar refractivity (Wildman–Crippen MR) is 88.3 cm³/mol. The normalized spacial score (nSPS) is 12.3. The first-order chi connectivity index (χ1) is 9.86. The van der Waals surface area contributed by atoms with Crippen molar-refractivity contribution in [3.05, 3.63) is 61.3 Å². The average Bonchev–Trinajstić information content (AvgIpc) is 2.44. The molecule has 112 valence electrons. The third kappa shape index (κ3) is 3.15. The van der Waals surface area contributed by atoms with E-state index in [1.807, 2.05) is 19.9 Å². The maximum Gasteiger partial charge on any atom is 0.137 e. The van der Waals surface area contributed by atoms with Gasteiger partial charge in [-0.1, -0.05) is 22.0 Å². The van der Waals surface area contributed by atoms with Crippen molar-refractivity contribution in [1.29, 1.82) is 0 Å². The van der Waals surface area contributed by atoms with E-state index in [1.165, 1.54) is 6.07 Å². The van der Waals surface area contributed by atoms with E-state index in [1.54, 1.807) is 19.2 Å². The Balaban J connectivity index is 2.62. The molecule has 2 rings (SSSR count). The van der Waals surface area contributed by atoms with Gasteiger partial charge in [0.15, 0.2) is 0 Å². The summed E-state index contributed by atoms with van der Waals surface area (Å²) in [5, 5.41) is 10.7. The van der Waals surface area contributed by atoms with Gasteiger partial charge in [0.2, 0.25) is 0 Å². The van der Waals surface area contributed by atoms with E-state index in [2.05, 4.69) is 31.9 Å². The lowest BCUT2D eigenvalue weighted by Gasteiger charge is -2.21. The van der Waals surface area contributed by atoms with Crippen LogP contribution in [-0.4, -0.2) is 12.2 Å². The first-order valence-corrected chi connectivity index (χ1v) is 7.92. The van der Waals surface area contributed by atoms with Crippen LogP contribution in [0.3, 0.4) is 0 Å². The average molecular weight is 418 g/mol. The Morgan fingerprint density at radius 3 is 2.38 bits per heavy atom. The molecule has 0 aliphatic heterocycles. The number of methoxy groups -OCH3 is 1. The summed E-state index contributed by atoms with van der Waals surface area (Å²) >= 11 is 6.59. The Hall–Kier alpha value is -0.910. The number of benzene rings is 2. The first kappa shape index (κ1) is 16.5. The molecule has 0 bridgehead atoms. The number of aliphatic hydroxyl groups excluding tert-OH is 1. The van der Waals surface area contributed by atoms with E-state index in [9.17, 15) is 9.50 Å². The summed E-state index contributed by atoms with van der Waals surface area (Å²) in [6.07, 6.45) is -0.959. The molecular weight excluding hydrogens is 403 g/mol. The van der Waals surface area contributed by atoms with Gasteiger partial charge in [0.1, 0.15) is 17.7 Å². The fraction of sp³-hybridized carbons (Fsp3) is 0.250. The number of ether oxygens (including phenoxy) is 1. The molecule has 1 N–H and O–H groups in total. The number of hydrogen-bond donors (Lipinski definition) is 1. The van der Waals surface area contributed by atoms with E-state index >= 15 is 0 Å². The van der Waals surface area contributed by atoms with Gasteiger partial charge in [0.25, 0.3) is 0 Å². The van der Waals surface area contributed by atoms with Crippen LogP contribution in [0.1, 0.15) is 28.4 Å². The number of rotatable bonds is 3. The zero-order valence-corrected chi connectivity index (χ0v) is 15.0. The second kappa shape index (κ2) is 6.46. The van der Waals surface area contributed by atoms with Crippen LogP contribution in [0.2, 0.25) is 0 Å². The molecule has 0 saturated carbocycles. The minimum Gasteiger partial charge on any atom is -0.496 e. The van der Waals surface area contributed by atoms with Gasteiger partial charge in [0.05, 0.1) is 11.6 Å². The second-order valence-corrected chi connectivity index (χ2v) is 6.53. The molecule has 0 aliphatic rings. The van der Waals surface area contributed by atoms with Gasteiger partial charge in [-0.05, 0) is 64.7 Å². The highest BCUT2D eigenvalue weighted by Gasteiger charge is 2.22. The maximum absolute atomic E-state index is 13.7. The van der Waals surface area contributed by atoms with Crippen LogP contribution < -0.4 is 4.74 Å². The molecule has 0 aromatic heterocycles. The van der Waals surface area contributed by atoms with Gasteiger partial charge in [-0.3, -0.25) is 0 Å². The highest BCUT2D eigenvalue weighted by molar-refractivity contribution is 9.10. The van der Waals surface area contributed by atoms with Crippen molar-refractivity contribution in [2.45, 2.75) is 20.0 Å². The van der Waals surface area contributed by atoms with Crippen molar-refractivity contribution in [1.82, 2.24) is 0 Å². The van der Waals surface area contributed by atoms with Crippen LogP contribution in [-0.2, 0) is 0 Å². The van der Waals surface area contributed by atoms with Gasteiger partial charge in [0, 0.05) is 10.0 Å². The SMILES string of the molecule is COc1c(C)cc(Br)c(C)c1C(O)c1ccc(Br)c(F)c1. The van der Waals surface area contributed by atoms with Crippen LogP contribution in [0, 0.1) is 19.7 Å². The maximum atomic E-state index is 13.7. The van der Waals surface area contributed by atoms with Gasteiger partial charge < -0.3 is 9.84 Å². The zero-order valence-electron chi connectivity index (χ0n) is 11.9. The van der Waals surface area contributed by atoms with E-state index < -0.39 is 11.9 Å². The summed E-state index contributed by atoms with van der Waals surface area (Å²) in [6, 6.07) is 6.53. The second-order valence-electron chi connectivity index (χ2n) is 4.82. The summed E-state index contributed by atoms with van der Waals surface area (Å²) < 4.78 is 20.4. The van der Waals surface area contributed by atoms with E-state index in [4.69, 9.17) is 4.74 Å². The lowest BCUT2D eigenvalue weighted by Crippen LogP contribution is -2.07. The van der Waals surface area contributed by atoms with E-state index in [-0.39, 0.29) is 0 Å². The number of aryl methyl sites for hydroxylation is 1. The van der Waals surface area contributed by atoms with E-state index in [0.29, 0.717) is 21.3 Å². The molecule has 1 unspecified atom stereocenters. The standard InChI is InChI=1S/C16H15Br2FO2/c1-8-6-12(18)9(2)14(16(8)21-3)15(20)10-4-5-11(17)13(19)7-10/h4-7,15,20H,1-3H3. The summed E-state index contributed by atoms with van der Waals surface area (Å²) in [5.41, 5.74) is 2.90. The van der Waals surface area contributed by atoms with Crippen molar-refractivity contribution in [3.63, 3.8) is 0 Å². The Bertz CT molecular complexity index is 686. The third-order valence-corrected chi connectivity index (χ3v) is 4.91. The fourth-order valence-electron chi connectivity index (χ4n) is 2.32. The molecular formula is C16H15Br2FO2. The summed E-state index contributed by atoms with van der Waals surface area (Å²) in [5.74, 6) is 0.210. The van der Waals surface area contributed by atoms with Crippen molar-refractivity contribution in [2.75, 3.05) is 7.11 Å². The molecule has 2 nitrogen and oxygen atoms in total. The van der Waals surface area contributed by atoms with Gasteiger partial charge in [-0.25, -0.2) is 4.39 Å².